The van der Waals surface area contributed by atoms with E-state index in [0.29, 0.717) is 18.3 Å². The summed E-state index contributed by atoms with van der Waals surface area (Å²) in [6, 6.07) is 20.3. The zero-order valence-electron chi connectivity index (χ0n) is 63.0. The molecule has 11 saturated heterocycles. The summed E-state index contributed by atoms with van der Waals surface area (Å²) < 4.78 is 4.62. The molecule has 11 aliphatic heterocycles. The Bertz CT molecular complexity index is 1990. The lowest BCUT2D eigenvalue weighted by Crippen LogP contribution is -2.39. The van der Waals surface area contributed by atoms with Gasteiger partial charge in [0.25, 0.3) is 0 Å². The van der Waals surface area contributed by atoms with E-state index in [1.54, 1.807) is 0 Å². The highest BCUT2D eigenvalue weighted by molar-refractivity contribution is 5.97. The van der Waals surface area contributed by atoms with Crippen LogP contribution in [0.4, 0.5) is 0 Å². The molecule has 560 valence electrons. The highest BCUT2D eigenvalue weighted by Crippen LogP contribution is 2.33. The molecule has 6 atom stereocenters. The molecular weight excluding hydrogens is 1210 g/mol. The zero-order chi connectivity index (χ0) is 69.5. The van der Waals surface area contributed by atoms with Crippen LogP contribution in [-0.4, -0.2) is 179 Å². The van der Waals surface area contributed by atoms with Crippen molar-refractivity contribution in [2.75, 3.05) is 151 Å². The number of ketones is 1. The molecule has 0 aromatic heterocycles. The first-order valence-electron chi connectivity index (χ1n) is 40.3. The van der Waals surface area contributed by atoms with E-state index >= 15 is 0 Å². The number of fused-ring (bicyclic) bond motifs is 1. The topological polar surface area (TPSA) is 216 Å². The molecule has 14 rings (SSSR count). The third-order valence-electron chi connectivity index (χ3n) is 21.4. The van der Waals surface area contributed by atoms with Crippen LogP contribution in [0.5, 0.6) is 0 Å². The Balaban J connectivity index is 0.000000229. The van der Waals surface area contributed by atoms with Crippen LogP contribution in [0.1, 0.15) is 230 Å². The van der Waals surface area contributed by atoms with Crippen molar-refractivity contribution in [3.8, 4) is 0 Å². The number of nitrogens with one attached hydrogen (secondary N) is 11. The van der Waals surface area contributed by atoms with Crippen molar-refractivity contribution >= 4 is 11.8 Å². The highest BCUT2D eigenvalue weighted by Gasteiger charge is 2.31. The van der Waals surface area contributed by atoms with Gasteiger partial charge in [0.1, 0.15) is 0 Å². The average Bonchev–Trinajstić information content (AvgIpc) is 1.02. The molecular formula is C81H151N11O5. The number of aliphatic hydroxyl groups excluding tert-OH is 1. The van der Waals surface area contributed by atoms with E-state index < -0.39 is 5.60 Å². The van der Waals surface area contributed by atoms with Crippen molar-refractivity contribution in [3.63, 3.8) is 0 Å². The van der Waals surface area contributed by atoms with Gasteiger partial charge in [0, 0.05) is 24.1 Å². The Morgan fingerprint density at radius 2 is 0.845 bits per heavy atom. The molecule has 0 radical (unpaired) electrons. The van der Waals surface area contributed by atoms with Crippen molar-refractivity contribution in [3.05, 3.63) is 71.8 Å². The number of aliphatic hydroxyl groups is 2. The predicted octanol–water partition coefficient (Wildman–Crippen LogP) is 11.4. The summed E-state index contributed by atoms with van der Waals surface area (Å²) in [5.74, 6) is 7.06. The summed E-state index contributed by atoms with van der Waals surface area (Å²) in [4.78, 5) is 22.9. The number of Topliss-reactive ketones (excluding diaryl/α,β-unsaturated/α-hetero) is 1. The second-order valence-electron chi connectivity index (χ2n) is 30.4. The molecule has 97 heavy (non-hydrogen) atoms. The number of carbonyl (C=O) groups is 2. The number of benzene rings is 2. The molecule has 1 aliphatic carbocycles. The van der Waals surface area contributed by atoms with Crippen molar-refractivity contribution in [2.24, 2.45) is 53.3 Å². The van der Waals surface area contributed by atoms with Crippen LogP contribution < -0.4 is 58.5 Å². The summed E-state index contributed by atoms with van der Waals surface area (Å²) in [5, 5.41) is 55.4. The lowest BCUT2D eigenvalue weighted by atomic mass is 9.76. The molecule has 1 saturated carbocycles. The number of hydrogen-bond donors (Lipinski definition) is 13. The van der Waals surface area contributed by atoms with Gasteiger partial charge in [-0.25, -0.2) is 0 Å². The normalized spacial score (nSPS) is 26.8. The van der Waals surface area contributed by atoms with E-state index in [2.05, 4.69) is 97.8 Å². The van der Waals surface area contributed by atoms with Crippen LogP contribution in [0.2, 0.25) is 0 Å². The molecule has 2 aromatic carbocycles. The first-order valence-corrected chi connectivity index (χ1v) is 40.3. The standard InChI is InChI=1S/C12H15NO.C11H15NO.C9H17N.C7H13NO2.C7H15N.C6H13NO.4C6H13N.C5H11N/c14-12(10-4-2-1-3-5-10)11-6-8-13-9-7-11;13-11(6-8-12-9-7-11)10-4-2-1-3-5-10;1-2-4-9-7-10-6-5-8(9)3-1;1-10-7(9)6-2-4-8-5-3-6;1-6-3-7(2)5-8-4-6;8-5-6-1-3-7-4-2-6;1-6-2-4-7-5-3-6;1-6-3-2-4-7-5-6;1-6-4-2-3-5-7-6;1-2-4-6-7-5-3-1;1-2-4-6-5-3-1/h1-5,11,13H,6-9H2;1-5,12-13H,6-9H2;8-10H,1-7H2;6,8H,2-5H2,1H3;6-8H,3-5H2,1-2H3;6-8H,1-5H2;3*6-7H,2-5H2,1H3;7H,1-6H2;6H,1-5H2. The second kappa shape index (κ2) is 57.6. The third kappa shape index (κ3) is 42.9. The van der Waals surface area contributed by atoms with Crippen molar-refractivity contribution in [2.45, 2.75) is 226 Å². The van der Waals surface area contributed by atoms with E-state index in [9.17, 15) is 14.7 Å². The summed E-state index contributed by atoms with van der Waals surface area (Å²) in [6.45, 7) is 35.9. The number of esters is 1. The number of methoxy groups -OCH3 is 1. The van der Waals surface area contributed by atoms with Gasteiger partial charge in [-0.3, -0.25) is 9.59 Å². The number of rotatable bonds is 5. The predicted molar refractivity (Wildman–Crippen MR) is 410 cm³/mol. The molecule has 0 spiro atoms. The Labute approximate surface area is 594 Å². The minimum absolute atomic E-state index is 0.0542. The van der Waals surface area contributed by atoms with E-state index in [1.165, 1.54) is 221 Å². The van der Waals surface area contributed by atoms with Crippen LogP contribution >= 0.6 is 0 Å². The monoisotopic (exact) mass is 1360 g/mol. The quantitative estimate of drug-likeness (QED) is 0.0990. The number of hydrogen-bond acceptors (Lipinski definition) is 16. The molecule has 16 heteroatoms. The summed E-state index contributed by atoms with van der Waals surface area (Å²) in [7, 11) is 1.45. The maximum Gasteiger partial charge on any atom is 0.308 e. The van der Waals surface area contributed by atoms with Gasteiger partial charge in [-0.15, -0.1) is 0 Å². The van der Waals surface area contributed by atoms with Crippen molar-refractivity contribution < 1.29 is 24.5 Å². The summed E-state index contributed by atoms with van der Waals surface area (Å²) >= 11 is 0. The first kappa shape index (κ1) is 86.5. The maximum atomic E-state index is 12.0. The zero-order valence-corrected chi connectivity index (χ0v) is 63.0. The van der Waals surface area contributed by atoms with E-state index in [-0.39, 0.29) is 17.8 Å². The number of carbonyl (C=O) groups excluding carboxylic acids is 2. The summed E-state index contributed by atoms with van der Waals surface area (Å²) in [5.41, 5.74) is 1.32. The Kier molecular flexibility index (Phi) is 51.3. The van der Waals surface area contributed by atoms with E-state index in [4.69, 9.17) is 5.11 Å². The highest BCUT2D eigenvalue weighted by atomic mass is 16.5. The van der Waals surface area contributed by atoms with Crippen molar-refractivity contribution in [1.29, 1.82) is 0 Å². The van der Waals surface area contributed by atoms with E-state index in [1.807, 2.05) is 60.7 Å². The van der Waals surface area contributed by atoms with Crippen LogP contribution in [0.15, 0.2) is 60.7 Å². The van der Waals surface area contributed by atoms with Crippen LogP contribution in [0.25, 0.3) is 0 Å². The maximum absolute atomic E-state index is 12.0. The molecule has 12 aliphatic rings. The molecule has 16 nitrogen and oxygen atoms in total. The summed E-state index contributed by atoms with van der Waals surface area (Å²) in [6.07, 6.45) is 36.2. The van der Waals surface area contributed by atoms with Gasteiger partial charge in [-0.2, -0.15) is 0 Å². The minimum Gasteiger partial charge on any atom is -0.469 e. The lowest BCUT2D eigenvalue weighted by molar-refractivity contribution is -0.146. The van der Waals surface area contributed by atoms with Gasteiger partial charge in [0.2, 0.25) is 0 Å². The molecule has 11 heterocycles. The second-order valence-corrected chi connectivity index (χ2v) is 30.4. The smallest absolute Gasteiger partial charge is 0.308 e. The first-order chi connectivity index (χ1) is 47.4. The van der Waals surface area contributed by atoms with Gasteiger partial charge in [-0.1, -0.05) is 133 Å². The minimum atomic E-state index is -0.591. The number of piperidine rings is 10. The van der Waals surface area contributed by atoms with Gasteiger partial charge in [-0.05, 0) is 326 Å². The van der Waals surface area contributed by atoms with Crippen LogP contribution in [0.3, 0.4) is 0 Å². The van der Waals surface area contributed by atoms with Gasteiger partial charge in [0.05, 0.1) is 18.6 Å². The molecule has 0 amide bonds. The molecule has 13 N–H and O–H groups in total. The Morgan fingerprint density at radius 1 is 0.402 bits per heavy atom. The lowest BCUT2D eigenvalue weighted by Gasteiger charge is -2.35. The van der Waals surface area contributed by atoms with Crippen molar-refractivity contribution in [1.82, 2.24) is 58.5 Å². The van der Waals surface area contributed by atoms with Crippen LogP contribution in [-0.2, 0) is 15.1 Å². The average molecular weight is 1360 g/mol. The molecule has 12 fully saturated rings. The Morgan fingerprint density at radius 3 is 1.26 bits per heavy atom. The third-order valence-corrected chi connectivity index (χ3v) is 21.4. The molecule has 0 bridgehead atoms. The number of ether oxygens (including phenoxy) is 1. The van der Waals surface area contributed by atoms with Gasteiger partial charge in [0.15, 0.2) is 5.78 Å². The van der Waals surface area contributed by atoms with Gasteiger partial charge >= 0.3 is 5.97 Å². The fourth-order valence-electron chi connectivity index (χ4n) is 14.8. The Hall–Kier alpha value is -2.94. The SMILES string of the molecule is C1CCC2CNCCC2C1.C1CCCNCC1.C1CCNCC1.CC1CCCCN1.CC1CCCNC1.CC1CCNCC1.CC1CNCC(C)C1.COC(=O)C1CCNCC1.O=C(c1ccccc1)C1CCNCC1.OC1(c2ccccc2)CCNCC1.OCC1CCNCC1. The molecule has 6 unspecified atom stereocenters. The van der Waals surface area contributed by atoms with Crippen LogP contribution in [0, 0.1) is 53.3 Å². The van der Waals surface area contributed by atoms with Gasteiger partial charge < -0.3 is 73.4 Å². The van der Waals surface area contributed by atoms with E-state index in [0.717, 1.165) is 156 Å². The fourth-order valence-corrected chi connectivity index (χ4v) is 14.8. The largest absolute Gasteiger partial charge is 0.469 e. The fraction of sp³-hybridized carbons (Fsp3) is 0.827. The molecule has 2 aromatic rings.